The van der Waals surface area contributed by atoms with E-state index in [-0.39, 0.29) is 28.0 Å². The summed E-state index contributed by atoms with van der Waals surface area (Å²) in [7, 11) is 0. The molecule has 0 fully saturated rings. The minimum absolute atomic E-state index is 0.0612. The van der Waals surface area contributed by atoms with Crippen molar-refractivity contribution in [1.29, 1.82) is 0 Å². The summed E-state index contributed by atoms with van der Waals surface area (Å²) in [5.74, 6) is -1.07. The van der Waals surface area contributed by atoms with Gasteiger partial charge in [-0.05, 0) is 36.2 Å². The van der Waals surface area contributed by atoms with Gasteiger partial charge in [-0.2, -0.15) is 0 Å². The Labute approximate surface area is 284 Å². The lowest BCUT2D eigenvalue weighted by molar-refractivity contribution is -0.415. The molecule has 0 radical (unpaired) electrons. The van der Waals surface area contributed by atoms with Gasteiger partial charge in [0.25, 0.3) is 0 Å². The minimum Gasteiger partial charge on any atom is -0.456 e. The number of hydrogen-bond acceptors (Lipinski definition) is 9. The van der Waals surface area contributed by atoms with E-state index in [9.17, 15) is 14.4 Å². The third-order valence-corrected chi connectivity index (χ3v) is 10.0. The monoisotopic (exact) mass is 672 g/mol. The molecule has 1 atom stereocenters. The second-order valence-electron chi connectivity index (χ2n) is 12.5. The summed E-state index contributed by atoms with van der Waals surface area (Å²) < 4.78 is 24.2. The summed E-state index contributed by atoms with van der Waals surface area (Å²) in [6.45, 7) is 4.52. The minimum atomic E-state index is -1.58. The summed E-state index contributed by atoms with van der Waals surface area (Å²) in [5, 5.41) is 0.106. The lowest BCUT2D eigenvalue weighted by Gasteiger charge is -2.52. The predicted molar refractivity (Wildman–Crippen MR) is 174 cm³/mol. The quantitative estimate of drug-likeness (QED) is 0.109. The summed E-state index contributed by atoms with van der Waals surface area (Å²) in [5.41, 5.74) is 1.57. The first-order valence-electron chi connectivity index (χ1n) is 15.6. The van der Waals surface area contributed by atoms with E-state index in [4.69, 9.17) is 40.3 Å². The fourth-order valence-electron chi connectivity index (χ4n) is 7.81. The van der Waals surface area contributed by atoms with E-state index in [1.165, 1.54) is 19.9 Å². The van der Waals surface area contributed by atoms with Crippen molar-refractivity contribution in [3.05, 3.63) is 152 Å². The highest BCUT2D eigenvalue weighted by atomic mass is 35.5. The molecule has 242 valence electrons. The fourth-order valence-corrected chi connectivity index (χ4v) is 8.01. The van der Waals surface area contributed by atoms with Crippen molar-refractivity contribution in [2.75, 3.05) is 0 Å². The second-order valence-corrected chi connectivity index (χ2v) is 12.9. The van der Waals surface area contributed by atoms with E-state index in [1.807, 2.05) is 67.6 Å². The highest BCUT2D eigenvalue weighted by Crippen LogP contribution is 2.63. The molecule has 1 unspecified atom stereocenters. The second kappa shape index (κ2) is 10.0. The van der Waals surface area contributed by atoms with Gasteiger partial charge in [0.15, 0.2) is 22.6 Å². The number of rotatable bonds is 3. The molecule has 10 rings (SSSR count). The zero-order chi connectivity index (χ0) is 33.9. The van der Waals surface area contributed by atoms with Gasteiger partial charge >= 0.3 is 17.9 Å². The zero-order valence-electron chi connectivity index (χ0n) is 26.3. The Morgan fingerprint density at radius 2 is 1.14 bits per heavy atom. The van der Waals surface area contributed by atoms with E-state index in [0.29, 0.717) is 27.8 Å². The van der Waals surface area contributed by atoms with Crippen molar-refractivity contribution in [3.63, 3.8) is 0 Å². The van der Waals surface area contributed by atoms with Gasteiger partial charge in [0.2, 0.25) is 0 Å². The highest BCUT2D eigenvalue weighted by Gasteiger charge is 2.61. The van der Waals surface area contributed by atoms with Crippen LogP contribution in [0.4, 0.5) is 0 Å². The summed E-state index contributed by atoms with van der Waals surface area (Å²) in [4.78, 5) is 51.1. The Balaban J connectivity index is 1.39. The van der Waals surface area contributed by atoms with E-state index in [0.717, 1.165) is 22.3 Å². The molecule has 0 aromatic heterocycles. The van der Waals surface area contributed by atoms with Crippen LogP contribution in [0.2, 0.25) is 5.02 Å². The van der Waals surface area contributed by atoms with Crippen molar-refractivity contribution in [2.24, 2.45) is 0 Å². The molecule has 5 aliphatic rings. The van der Waals surface area contributed by atoms with Gasteiger partial charge in [-0.1, -0.05) is 78.3 Å². The van der Waals surface area contributed by atoms with Crippen molar-refractivity contribution < 1.29 is 43.1 Å². The van der Waals surface area contributed by atoms with Crippen LogP contribution in [-0.2, 0) is 40.9 Å². The van der Waals surface area contributed by atoms with Crippen molar-refractivity contribution in [1.82, 2.24) is 0 Å². The van der Waals surface area contributed by atoms with Crippen LogP contribution >= 0.6 is 11.6 Å². The van der Waals surface area contributed by atoms with Crippen LogP contribution < -0.4 is 14.2 Å². The standard InChI is InChI=1S/C39H25ClO9/c1-20(41)44-32-18-33-28(16-29(32)39-26-14-8-6-12-24(26)37(3,48-49-39)25-13-7-9-15-27(25)39)38(23-11-5-4-10-22(23)36(43)47-38)30-17-31(40)35(45-21(2)42)19-34(30)46-33/h4-19H,1-3H3. The number of carbonyl (C=O) groups is 3. The number of fused-ring (bicyclic) bond motifs is 7. The molecule has 0 saturated carbocycles. The molecule has 4 heterocycles. The Morgan fingerprint density at radius 1 is 0.612 bits per heavy atom. The largest absolute Gasteiger partial charge is 0.456 e. The van der Waals surface area contributed by atoms with Crippen LogP contribution in [0.5, 0.6) is 23.0 Å². The first-order chi connectivity index (χ1) is 23.6. The fraction of sp³-hybridized carbons (Fsp3) is 0.154. The third kappa shape index (κ3) is 3.80. The van der Waals surface area contributed by atoms with Crippen molar-refractivity contribution in [3.8, 4) is 23.0 Å². The molecule has 10 heteroatoms. The SMILES string of the molecule is CC(=O)Oc1cc2c(cc1Cl)C1(OC(=O)c3ccccc31)c1cc(C34OOC(C)(c5ccccc53)c3ccccc34)c(OC(C)=O)cc1O2. The Kier molecular flexibility index (Phi) is 6.06. The third-order valence-electron chi connectivity index (χ3n) is 9.73. The molecular formula is C39H25ClO9. The molecule has 0 amide bonds. The maximum absolute atomic E-state index is 13.7. The van der Waals surface area contributed by atoms with Crippen LogP contribution in [0, 0.1) is 0 Å². The molecule has 5 aromatic carbocycles. The van der Waals surface area contributed by atoms with Gasteiger partial charge in [-0.3, -0.25) is 9.59 Å². The van der Waals surface area contributed by atoms with Gasteiger partial charge in [-0.25, -0.2) is 14.6 Å². The predicted octanol–water partition coefficient (Wildman–Crippen LogP) is 7.59. The molecule has 1 aliphatic carbocycles. The van der Waals surface area contributed by atoms with Crippen molar-refractivity contribution >= 4 is 29.5 Å². The molecule has 9 nitrogen and oxygen atoms in total. The number of esters is 3. The molecule has 4 aliphatic heterocycles. The first kappa shape index (κ1) is 29.6. The maximum Gasteiger partial charge on any atom is 0.340 e. The Morgan fingerprint density at radius 3 is 1.78 bits per heavy atom. The molecule has 1 spiro atoms. The summed E-state index contributed by atoms with van der Waals surface area (Å²) in [6.07, 6.45) is 0. The van der Waals surface area contributed by atoms with E-state index >= 15 is 0 Å². The average molecular weight is 673 g/mol. The van der Waals surface area contributed by atoms with Gasteiger partial charge in [0, 0.05) is 59.4 Å². The average Bonchev–Trinajstić information content (AvgIpc) is 3.38. The molecular weight excluding hydrogens is 648 g/mol. The zero-order valence-corrected chi connectivity index (χ0v) is 27.0. The number of halogens is 1. The summed E-state index contributed by atoms with van der Waals surface area (Å²) >= 11 is 6.70. The van der Waals surface area contributed by atoms with Gasteiger partial charge in [0.05, 0.1) is 10.6 Å². The number of carbonyl (C=O) groups excluding carboxylic acids is 3. The van der Waals surface area contributed by atoms with E-state index in [1.54, 1.807) is 30.3 Å². The van der Waals surface area contributed by atoms with E-state index in [2.05, 4.69) is 0 Å². The number of ether oxygens (including phenoxy) is 4. The molecule has 5 aromatic rings. The molecule has 0 N–H and O–H groups in total. The number of hydrogen-bond donors (Lipinski definition) is 0. The smallest absolute Gasteiger partial charge is 0.340 e. The highest BCUT2D eigenvalue weighted by molar-refractivity contribution is 6.32. The van der Waals surface area contributed by atoms with Crippen molar-refractivity contribution in [2.45, 2.75) is 37.6 Å². The Bertz CT molecular complexity index is 2280. The van der Waals surface area contributed by atoms with Gasteiger partial charge in [-0.15, -0.1) is 0 Å². The Hall–Kier alpha value is -5.48. The van der Waals surface area contributed by atoms with Gasteiger partial charge in [0.1, 0.15) is 17.2 Å². The molecule has 49 heavy (non-hydrogen) atoms. The normalized spacial score (nSPS) is 23.3. The van der Waals surface area contributed by atoms with Crippen LogP contribution in [0.3, 0.4) is 0 Å². The topological polar surface area (TPSA) is 107 Å². The lowest BCUT2D eigenvalue weighted by atomic mass is 9.64. The maximum atomic E-state index is 13.7. The van der Waals surface area contributed by atoms with Crippen LogP contribution in [0.25, 0.3) is 0 Å². The van der Waals surface area contributed by atoms with Crippen LogP contribution in [0.15, 0.2) is 97.1 Å². The van der Waals surface area contributed by atoms with Gasteiger partial charge < -0.3 is 18.9 Å². The number of benzene rings is 5. The van der Waals surface area contributed by atoms with Crippen LogP contribution in [-0.4, -0.2) is 17.9 Å². The first-order valence-corrected chi connectivity index (χ1v) is 15.9. The van der Waals surface area contributed by atoms with Crippen LogP contribution in [0.1, 0.15) is 75.6 Å². The summed E-state index contributed by atoms with van der Waals surface area (Å²) in [6, 6.07) is 29.1. The molecule has 0 saturated heterocycles. The van der Waals surface area contributed by atoms with E-state index < -0.39 is 34.7 Å². The molecule has 2 bridgehead atoms. The lowest BCUT2D eigenvalue weighted by Crippen LogP contribution is -2.52.